The van der Waals surface area contributed by atoms with Crippen molar-refractivity contribution in [3.8, 4) is 0 Å². The second-order valence-corrected chi connectivity index (χ2v) is 5.42. The van der Waals surface area contributed by atoms with E-state index in [1.807, 2.05) is 54.6 Å². The summed E-state index contributed by atoms with van der Waals surface area (Å²) in [7, 11) is 0. The summed E-state index contributed by atoms with van der Waals surface area (Å²) in [6.45, 7) is 0.127. The van der Waals surface area contributed by atoms with E-state index in [2.05, 4.69) is 15.5 Å². The Morgan fingerprint density at radius 3 is 2.17 bits per heavy atom. The Balaban J connectivity index is 1.58. The lowest BCUT2D eigenvalue weighted by molar-refractivity contribution is -0.112. The Morgan fingerprint density at radius 1 is 0.870 bits per heavy atom. The van der Waals surface area contributed by atoms with E-state index in [0.717, 1.165) is 17.1 Å². The molecular weight excluding hydrogens is 294 g/mol. The molecule has 1 aliphatic rings. The number of azo groups is 1. The van der Waals surface area contributed by atoms with Crippen molar-refractivity contribution in [3.63, 3.8) is 0 Å². The molecule has 0 radical (unpaired) electrons. The van der Waals surface area contributed by atoms with Crippen LogP contribution in [0.25, 0.3) is 0 Å². The Hall–Kier alpha value is -2.28. The number of aliphatic hydroxyl groups excluding tert-OH is 2. The van der Waals surface area contributed by atoms with Gasteiger partial charge in [0.05, 0.1) is 24.1 Å². The summed E-state index contributed by atoms with van der Waals surface area (Å²) in [5.74, 6) is 0. The summed E-state index contributed by atoms with van der Waals surface area (Å²) in [5.41, 5.74) is 2.41. The second-order valence-electron chi connectivity index (χ2n) is 5.42. The predicted molar refractivity (Wildman–Crippen MR) is 87.1 cm³/mol. The van der Waals surface area contributed by atoms with Crippen molar-refractivity contribution in [2.75, 3.05) is 11.9 Å². The van der Waals surface area contributed by atoms with Crippen LogP contribution in [0.15, 0.2) is 64.8 Å². The highest BCUT2D eigenvalue weighted by atomic mass is 16.5. The van der Waals surface area contributed by atoms with Crippen LogP contribution in [-0.2, 0) is 4.74 Å². The molecule has 0 aromatic heterocycles. The molecular formula is C17H19N3O3. The molecule has 3 N–H and O–H groups in total. The molecule has 1 saturated heterocycles. The Bertz CT molecular complexity index is 646. The van der Waals surface area contributed by atoms with Crippen LogP contribution in [0.5, 0.6) is 0 Å². The molecule has 3 rings (SSSR count). The van der Waals surface area contributed by atoms with Gasteiger partial charge in [0.25, 0.3) is 0 Å². The van der Waals surface area contributed by atoms with Gasteiger partial charge < -0.3 is 20.3 Å². The first-order valence-electron chi connectivity index (χ1n) is 7.52. The number of rotatable bonds is 4. The molecule has 0 aliphatic carbocycles. The minimum atomic E-state index is -0.811. The Morgan fingerprint density at radius 2 is 1.52 bits per heavy atom. The highest BCUT2D eigenvalue weighted by molar-refractivity contribution is 5.51. The van der Waals surface area contributed by atoms with E-state index in [9.17, 15) is 10.2 Å². The number of aliphatic hydroxyl groups is 2. The minimum Gasteiger partial charge on any atom is -0.390 e. The lowest BCUT2D eigenvalue weighted by atomic mass is 10.1. The Kier molecular flexibility index (Phi) is 4.97. The predicted octanol–water partition coefficient (Wildman–Crippen LogP) is 2.98. The molecule has 0 amide bonds. The molecule has 6 heteroatoms. The van der Waals surface area contributed by atoms with Crippen molar-refractivity contribution in [1.29, 1.82) is 0 Å². The zero-order chi connectivity index (χ0) is 16.1. The maximum Gasteiger partial charge on any atom is 0.130 e. The minimum absolute atomic E-state index is 0.127. The van der Waals surface area contributed by atoms with Crippen LogP contribution >= 0.6 is 0 Å². The van der Waals surface area contributed by atoms with Gasteiger partial charge in [-0.25, -0.2) is 0 Å². The van der Waals surface area contributed by atoms with Crippen molar-refractivity contribution in [2.24, 2.45) is 10.2 Å². The molecule has 6 nitrogen and oxygen atoms in total. The quantitative estimate of drug-likeness (QED) is 0.757. The zero-order valence-corrected chi connectivity index (χ0v) is 12.5. The number of benzene rings is 2. The number of anilines is 1. The van der Waals surface area contributed by atoms with Crippen LogP contribution < -0.4 is 5.32 Å². The smallest absolute Gasteiger partial charge is 0.130 e. The molecule has 0 unspecified atom stereocenters. The van der Waals surface area contributed by atoms with E-state index in [-0.39, 0.29) is 12.8 Å². The van der Waals surface area contributed by atoms with Crippen molar-refractivity contribution in [1.82, 2.24) is 0 Å². The van der Waals surface area contributed by atoms with E-state index in [4.69, 9.17) is 4.74 Å². The van der Waals surface area contributed by atoms with Crippen molar-refractivity contribution >= 4 is 17.1 Å². The molecule has 1 fully saturated rings. The van der Waals surface area contributed by atoms with Gasteiger partial charge >= 0.3 is 0 Å². The third-order valence-corrected chi connectivity index (χ3v) is 3.60. The molecule has 0 bridgehead atoms. The van der Waals surface area contributed by atoms with Crippen LogP contribution in [0, 0.1) is 0 Å². The third-order valence-electron chi connectivity index (χ3n) is 3.60. The van der Waals surface area contributed by atoms with Crippen molar-refractivity contribution in [2.45, 2.75) is 24.9 Å². The normalized spacial score (nSPS) is 24.7. The molecule has 1 heterocycles. The summed E-state index contributed by atoms with van der Waals surface area (Å²) in [4.78, 5) is 0. The van der Waals surface area contributed by atoms with E-state index in [1.54, 1.807) is 0 Å². The fourth-order valence-electron chi connectivity index (χ4n) is 2.29. The van der Waals surface area contributed by atoms with Gasteiger partial charge in [0.1, 0.15) is 12.3 Å². The van der Waals surface area contributed by atoms with E-state index < -0.39 is 12.2 Å². The maximum atomic E-state index is 9.65. The molecule has 0 spiro atoms. The van der Waals surface area contributed by atoms with Gasteiger partial charge in [-0.2, -0.15) is 10.2 Å². The average molecular weight is 313 g/mol. The van der Waals surface area contributed by atoms with E-state index in [1.165, 1.54) is 0 Å². The van der Waals surface area contributed by atoms with E-state index >= 15 is 0 Å². The summed E-state index contributed by atoms with van der Waals surface area (Å²) in [6, 6.07) is 17.0. The second kappa shape index (κ2) is 7.32. The summed E-state index contributed by atoms with van der Waals surface area (Å²) < 4.78 is 5.44. The van der Waals surface area contributed by atoms with Crippen LogP contribution in [0.4, 0.5) is 17.1 Å². The van der Waals surface area contributed by atoms with Gasteiger partial charge in [0.15, 0.2) is 0 Å². The number of nitrogens with zero attached hydrogens (tertiary/aromatic N) is 2. The highest BCUT2D eigenvalue weighted by Gasteiger charge is 2.28. The van der Waals surface area contributed by atoms with Gasteiger partial charge in [-0.1, -0.05) is 18.2 Å². The third kappa shape index (κ3) is 4.35. The SMILES string of the molecule is O[C@@H]1CO[C@H](Nc2ccc(N=Nc3ccccc3)cc2)C[C@@H]1O. The van der Waals surface area contributed by atoms with Crippen molar-refractivity contribution in [3.05, 3.63) is 54.6 Å². The van der Waals surface area contributed by atoms with Gasteiger partial charge in [0, 0.05) is 12.1 Å². The fourth-order valence-corrected chi connectivity index (χ4v) is 2.29. The number of nitrogens with one attached hydrogen (secondary N) is 1. The monoisotopic (exact) mass is 313 g/mol. The number of hydrogen-bond acceptors (Lipinski definition) is 6. The molecule has 23 heavy (non-hydrogen) atoms. The summed E-state index contributed by atoms with van der Waals surface area (Å²) >= 11 is 0. The molecule has 3 atom stereocenters. The lowest BCUT2D eigenvalue weighted by Crippen LogP contribution is -2.44. The highest BCUT2D eigenvalue weighted by Crippen LogP contribution is 2.22. The fraction of sp³-hybridized carbons (Fsp3) is 0.294. The van der Waals surface area contributed by atoms with Crippen LogP contribution in [0.1, 0.15) is 6.42 Å². The molecule has 2 aromatic carbocycles. The standard InChI is InChI=1S/C17H19N3O3/c21-15-10-17(23-11-16(15)22)18-12-6-8-14(9-7-12)20-19-13-4-2-1-3-5-13/h1-9,15-18,21-22H,10-11H2/t15-,16+,17-/m0/s1. The number of ether oxygens (including phenoxy) is 1. The Labute approximate surface area is 134 Å². The molecule has 2 aromatic rings. The average Bonchev–Trinajstić information content (AvgIpc) is 2.58. The molecule has 120 valence electrons. The van der Waals surface area contributed by atoms with Gasteiger partial charge in [0.2, 0.25) is 0 Å². The van der Waals surface area contributed by atoms with Gasteiger partial charge in [-0.15, -0.1) is 0 Å². The van der Waals surface area contributed by atoms with Gasteiger partial charge in [-0.05, 0) is 36.4 Å². The molecule has 0 saturated carbocycles. The van der Waals surface area contributed by atoms with Gasteiger partial charge in [-0.3, -0.25) is 0 Å². The largest absolute Gasteiger partial charge is 0.390 e. The zero-order valence-electron chi connectivity index (χ0n) is 12.5. The maximum absolute atomic E-state index is 9.65. The lowest BCUT2D eigenvalue weighted by Gasteiger charge is -2.31. The first-order chi connectivity index (χ1) is 11.2. The molecule has 1 aliphatic heterocycles. The number of hydrogen-bond donors (Lipinski definition) is 3. The van der Waals surface area contributed by atoms with Crippen LogP contribution in [0.2, 0.25) is 0 Å². The van der Waals surface area contributed by atoms with Crippen molar-refractivity contribution < 1.29 is 14.9 Å². The summed E-state index contributed by atoms with van der Waals surface area (Å²) in [5, 5.41) is 30.6. The first-order valence-corrected chi connectivity index (χ1v) is 7.52. The van der Waals surface area contributed by atoms with Crippen LogP contribution in [0.3, 0.4) is 0 Å². The van der Waals surface area contributed by atoms with E-state index in [0.29, 0.717) is 6.42 Å². The summed E-state index contributed by atoms with van der Waals surface area (Å²) in [6.07, 6.45) is -1.55. The van der Waals surface area contributed by atoms with Crippen LogP contribution in [-0.4, -0.2) is 35.3 Å². The first kappa shape index (κ1) is 15.6. The topological polar surface area (TPSA) is 86.4 Å².